The molecule has 0 bridgehead atoms. The summed E-state index contributed by atoms with van der Waals surface area (Å²) in [6.07, 6.45) is -0.836. The predicted molar refractivity (Wildman–Crippen MR) is 582 cm³/mol. The molecule has 4 amide bonds. The van der Waals surface area contributed by atoms with Crippen LogP contribution in [0.3, 0.4) is 0 Å². The van der Waals surface area contributed by atoms with Crippen molar-refractivity contribution in [2.24, 2.45) is 20.4 Å². The summed E-state index contributed by atoms with van der Waals surface area (Å²) in [7, 11) is 0. The van der Waals surface area contributed by atoms with Crippen molar-refractivity contribution in [2.45, 2.75) is 108 Å². The lowest BCUT2D eigenvalue weighted by Crippen LogP contribution is -2.27. The number of amides is 4. The molecule has 0 saturated heterocycles. The predicted octanol–water partition coefficient (Wildman–Crippen LogP) is 23.6. The number of nitrogens with one attached hydrogen (secondary N) is 4. The molecule has 738 valence electrons. The molecule has 0 aliphatic carbocycles. The molecule has 8 N–H and O–H groups in total. The van der Waals surface area contributed by atoms with E-state index in [1.54, 1.807) is 30.3 Å². The summed E-state index contributed by atoms with van der Waals surface area (Å²) < 4.78 is 3.44. The molecule has 4 unspecified atom stereocenters. The number of carbonyl (C=O) groups is 8. The maximum Gasteiger partial charge on any atom is 0.303 e. The van der Waals surface area contributed by atoms with Gasteiger partial charge in [-0.1, -0.05) is 293 Å². The van der Waals surface area contributed by atoms with Crippen LogP contribution in [0.5, 0.6) is 0 Å². The quantitative estimate of drug-likeness (QED) is 0.0279. The lowest BCUT2D eigenvalue weighted by atomic mass is 9.90. The number of hydrazone groups is 4. The third-order valence-corrected chi connectivity index (χ3v) is 27.9. The van der Waals surface area contributed by atoms with Gasteiger partial charge >= 0.3 is 23.9 Å². The van der Waals surface area contributed by atoms with E-state index < -0.39 is 71.7 Å². The fourth-order valence-electron chi connectivity index (χ4n) is 18.6. The van der Waals surface area contributed by atoms with Crippen molar-refractivity contribution in [1.29, 1.82) is 0 Å². The second-order valence-electron chi connectivity index (χ2n) is 35.0. The Labute approximate surface area is 882 Å². The number of aryl methyl sites for hydroxylation is 1. The van der Waals surface area contributed by atoms with Gasteiger partial charge < -0.3 is 40.4 Å². The van der Waals surface area contributed by atoms with E-state index in [-0.39, 0.29) is 86.4 Å². The second-order valence-corrected chi connectivity index (χ2v) is 39.5. The number of H-pyrrole nitrogens is 4. The topological polar surface area (TPSA) is 411 Å². The average molecular weight is 2260 g/mol. The summed E-state index contributed by atoms with van der Waals surface area (Å²) in [4.78, 5) is 163. The molecule has 0 saturated carbocycles. The summed E-state index contributed by atoms with van der Waals surface area (Å²) in [5.74, 6) is -5.93. The number of aliphatic carboxylic acids is 4. The summed E-state index contributed by atoms with van der Waals surface area (Å²) in [6.45, 7) is 2.00. The van der Waals surface area contributed by atoms with E-state index in [2.05, 4.69) is 104 Å². The van der Waals surface area contributed by atoms with Gasteiger partial charge in [0.1, 0.15) is 0 Å². The third-order valence-electron chi connectivity index (χ3n) is 25.3. The van der Waals surface area contributed by atoms with Gasteiger partial charge in [0.15, 0.2) is 0 Å². The first-order chi connectivity index (χ1) is 70.9. The molecule has 147 heavy (non-hydrogen) atoms. The SMILES string of the molecule is Cc1ccc2[nH]c(=O)c(C3=NN(C(=O)CCC(=O)O)C(c4ccc(Br)cc4)C3)c(-c3ccccc3)c2c1.O=C(O)CCC(=O)N1N=C(c2c(-c3ccccc3)c3cc(Br)ccc3[nH]c2=O)CC1c1ccccc1.O=C(O)CCC(=O)N1N=C(c2c(-c3ccccc3)c3cc(Br)ccc3[nH]c2=O)CC1c1ccccc1Cl.O=C(O)CCC(=O)N1N=C(c2c(-c3ccccc3)c3cc(Cl)ccc3[nH]c2=O)CC1c1cccc(Br)c1. The van der Waals surface area contributed by atoms with Gasteiger partial charge in [-0.05, 0) is 148 Å². The Bertz CT molecular complexity index is 8300. The number of rotatable bonds is 24. The van der Waals surface area contributed by atoms with Crippen molar-refractivity contribution in [3.05, 3.63) is 417 Å². The van der Waals surface area contributed by atoms with Gasteiger partial charge in [-0.15, -0.1) is 0 Å². The highest BCUT2D eigenvalue weighted by atomic mass is 79.9. The molecule has 20 rings (SSSR count). The number of hydrogen-bond acceptors (Lipinski definition) is 16. The zero-order valence-corrected chi connectivity index (χ0v) is 86.0. The number of carboxylic acids is 4. The van der Waals surface area contributed by atoms with E-state index in [4.69, 9.17) is 43.6 Å². The van der Waals surface area contributed by atoms with Crippen molar-refractivity contribution >= 4 is 201 Å². The van der Waals surface area contributed by atoms with Gasteiger partial charge in [0.2, 0.25) is 23.6 Å². The fraction of sp³-hybridized carbons (Fsp3) is 0.150. The Morgan fingerprint density at radius 1 is 0.293 bits per heavy atom. The van der Waals surface area contributed by atoms with E-state index in [1.807, 2.05) is 274 Å². The number of carbonyl (C=O) groups excluding carboxylic acids is 4. The maximum absolute atomic E-state index is 13.6. The molecular weight excluding hydrogens is 2170 g/mol. The van der Waals surface area contributed by atoms with Crippen LogP contribution in [0.2, 0.25) is 10.0 Å². The highest BCUT2D eigenvalue weighted by Crippen LogP contribution is 2.46. The molecule has 0 spiro atoms. The number of benzene rings is 12. The van der Waals surface area contributed by atoms with Gasteiger partial charge in [-0.3, -0.25) is 57.5 Å². The van der Waals surface area contributed by atoms with E-state index >= 15 is 0 Å². The van der Waals surface area contributed by atoms with Gasteiger partial charge in [0.25, 0.3) is 22.2 Å². The van der Waals surface area contributed by atoms with Crippen LogP contribution in [0, 0.1) is 6.92 Å². The van der Waals surface area contributed by atoms with Crippen LogP contribution < -0.4 is 22.2 Å². The van der Waals surface area contributed by atoms with E-state index in [1.165, 1.54) is 20.0 Å². The standard InChI is InChI=1S/C29H24BrN3O4.2C28H21BrClN3O4.C28H22BrN3O4/c1-17-7-12-22-21(15-17)27(19-5-3-2-4-6-19)28(29(37)31-22)23-16-24(18-8-10-20(30)11-9-18)33(32-23)25(34)13-14-26(35)36;29-17-10-11-21-19(14-17)26(16-6-2-1-3-7-16)27(28(37)31-21)22-15-23(18-8-4-5-9-20(18)30)33(32-22)24(34)12-13-25(35)36;29-18-8-4-7-17(13-18)23-15-22(32-33(23)24(34)11-12-25(35)36)27-26(16-5-2-1-3-6-16)20-14-19(30)9-10-21(20)31-28(27)37;29-19-11-12-21-20(15-19)26(18-9-5-2-6-10-18)27(28(36)30-21)22-16-23(17-7-3-1-4-8-17)32(31-22)24(33)13-14-25(34)35/h2-12,15,24H,13-14,16H2,1H3,(H,31,37)(H,35,36);1-11,14,23H,12-13,15H2,(H,31,37)(H,35,36);1-10,13-14,23H,11-12,15H2,(H,31,37)(H,35,36);1-12,15,23H,13-14,16H2,(H,30,36)(H,34,35). The number of pyridine rings is 4. The van der Waals surface area contributed by atoms with E-state index in [0.29, 0.717) is 101 Å². The van der Waals surface area contributed by atoms with E-state index in [9.17, 15) is 57.5 Å². The highest BCUT2D eigenvalue weighted by Gasteiger charge is 2.42. The van der Waals surface area contributed by atoms with Crippen molar-refractivity contribution in [3.63, 3.8) is 0 Å². The number of hydrogen-bond donors (Lipinski definition) is 8. The van der Waals surface area contributed by atoms with Crippen molar-refractivity contribution in [1.82, 2.24) is 40.0 Å². The van der Waals surface area contributed by atoms with Crippen LogP contribution >= 0.6 is 86.9 Å². The Balaban J connectivity index is 0.000000134. The van der Waals surface area contributed by atoms with Crippen molar-refractivity contribution in [3.8, 4) is 44.5 Å². The molecule has 0 fully saturated rings. The minimum Gasteiger partial charge on any atom is -0.481 e. The van der Waals surface area contributed by atoms with E-state index in [0.717, 1.165) is 101 Å². The normalized spacial score (nSPS) is 15.1. The number of carboxylic acid groups (broad SMARTS) is 4. The summed E-state index contributed by atoms with van der Waals surface area (Å²) >= 11 is 26.8. The van der Waals surface area contributed by atoms with Crippen LogP contribution in [0.15, 0.2) is 355 Å². The Morgan fingerprint density at radius 3 is 0.939 bits per heavy atom. The Kier molecular flexibility index (Phi) is 32.0. The fourth-order valence-corrected chi connectivity index (χ4v) is 20.5. The monoisotopic (exact) mass is 2250 g/mol. The van der Waals surface area contributed by atoms with Crippen LogP contribution in [0.1, 0.15) is 151 Å². The minimum atomic E-state index is -1.08. The highest BCUT2D eigenvalue weighted by molar-refractivity contribution is 9.11. The first-order valence-electron chi connectivity index (χ1n) is 46.6. The molecule has 28 nitrogen and oxygen atoms in total. The smallest absolute Gasteiger partial charge is 0.303 e. The first kappa shape index (κ1) is 103. The molecule has 8 heterocycles. The molecule has 4 atom stereocenters. The molecule has 0 radical (unpaired) electrons. The van der Waals surface area contributed by atoms with Crippen LogP contribution in [-0.4, -0.2) is 131 Å². The number of aromatic amines is 4. The molecule has 4 aliphatic rings. The van der Waals surface area contributed by atoms with Crippen LogP contribution in [0.4, 0.5) is 0 Å². The molecule has 16 aromatic rings. The zero-order valence-electron chi connectivity index (χ0n) is 78.1. The molecule has 12 aromatic carbocycles. The summed E-state index contributed by atoms with van der Waals surface area (Å²) in [5, 5.41) is 64.6. The van der Waals surface area contributed by atoms with Crippen LogP contribution in [-0.2, 0) is 38.4 Å². The van der Waals surface area contributed by atoms with Crippen LogP contribution in [0.25, 0.3) is 88.1 Å². The number of fused-ring (bicyclic) bond motifs is 4. The number of nitrogens with zero attached hydrogens (tertiary/aromatic N) is 8. The molecular formula is C113H88Br4Cl2N12O16. The first-order valence-corrected chi connectivity index (χ1v) is 50.5. The van der Waals surface area contributed by atoms with Crippen molar-refractivity contribution < 1.29 is 58.8 Å². The minimum absolute atomic E-state index is 0.179. The van der Waals surface area contributed by atoms with Gasteiger partial charge in [0, 0.05) is 145 Å². The largest absolute Gasteiger partial charge is 0.481 e. The Hall–Kier alpha value is -15.6. The molecule has 34 heteroatoms. The average Bonchev–Trinajstić information content (AvgIpc) is 1.71. The van der Waals surface area contributed by atoms with Gasteiger partial charge in [0.05, 0.1) is 95.0 Å². The number of aromatic nitrogens is 4. The third kappa shape index (κ3) is 23.4. The summed E-state index contributed by atoms with van der Waals surface area (Å²) in [5.41, 5.74) is 15.3. The number of halogens is 6. The second kappa shape index (κ2) is 45.8. The molecule has 4 aromatic heterocycles. The zero-order chi connectivity index (χ0) is 104. The lowest BCUT2D eigenvalue weighted by molar-refractivity contribution is -0.141. The van der Waals surface area contributed by atoms with Gasteiger partial charge in [-0.25, -0.2) is 20.0 Å². The van der Waals surface area contributed by atoms with Crippen molar-refractivity contribution in [2.75, 3.05) is 0 Å². The van der Waals surface area contributed by atoms with Gasteiger partial charge in [-0.2, -0.15) is 20.4 Å². The maximum atomic E-state index is 13.6. The lowest BCUT2D eigenvalue weighted by Gasteiger charge is -2.22. The Morgan fingerprint density at radius 2 is 0.578 bits per heavy atom. The summed E-state index contributed by atoms with van der Waals surface area (Å²) in [6, 6.07) is 90.5. The molecule has 4 aliphatic heterocycles.